The predicted octanol–water partition coefficient (Wildman–Crippen LogP) is 2.32. The maximum Gasteiger partial charge on any atom is 0.146 e. The van der Waals surface area contributed by atoms with Gasteiger partial charge in [0.1, 0.15) is 47.4 Å². The number of pyridine rings is 1. The van der Waals surface area contributed by atoms with Crippen LogP contribution in [-0.2, 0) is 0 Å². The van der Waals surface area contributed by atoms with E-state index in [9.17, 15) is 10.2 Å². The number of thioether (sulfide) groups is 1. The molecule has 160 valence electrons. The minimum Gasteiger partial charge on any atom is -0.492 e. The van der Waals surface area contributed by atoms with Crippen molar-refractivity contribution >= 4 is 61.3 Å². The average Bonchev–Trinajstić information content (AvgIpc) is 3.30. The maximum atomic E-state index is 10.7. The summed E-state index contributed by atoms with van der Waals surface area (Å²) in [5.41, 5.74) is 13.1. The number of anilines is 2. The molecule has 11 heteroatoms. The predicted molar refractivity (Wildman–Crippen MR) is 124 cm³/mol. The molecule has 0 spiro atoms. The average molecular weight is 503 g/mol. The fourth-order valence-electron chi connectivity index (χ4n) is 3.70. The van der Waals surface area contributed by atoms with Crippen molar-refractivity contribution in [2.24, 2.45) is 0 Å². The molecule has 0 radical (unpaired) electrons. The number of nitrogens with zero attached hydrogens (tertiary/aromatic N) is 4. The standard InChI is InChI=1S/C20H19BrN6O3S/c21-12-5-9-1-2-10(6-13(9)26-18(12)23)30-7-14-15(28)16(29)20(31-14)27-4-3-11-17(22)24-8-25-19(11)27/h1-6,8,14-16,20,28-29H,7H2,(H2,23,26)(H2,22,24,25)/t14-,15-,16-,20-/m1/s1. The molecule has 0 amide bonds. The molecule has 3 aromatic heterocycles. The van der Waals surface area contributed by atoms with Crippen molar-refractivity contribution in [3.8, 4) is 5.75 Å². The van der Waals surface area contributed by atoms with Crippen LogP contribution in [0.1, 0.15) is 5.37 Å². The van der Waals surface area contributed by atoms with Crippen LogP contribution >= 0.6 is 27.7 Å². The zero-order valence-corrected chi connectivity index (χ0v) is 18.5. The summed E-state index contributed by atoms with van der Waals surface area (Å²) in [5, 5.41) is 22.2. The highest BCUT2D eigenvalue weighted by molar-refractivity contribution is 9.10. The van der Waals surface area contributed by atoms with Crippen molar-refractivity contribution < 1.29 is 14.9 Å². The smallest absolute Gasteiger partial charge is 0.146 e. The summed E-state index contributed by atoms with van der Waals surface area (Å²) < 4.78 is 8.47. The molecule has 4 heterocycles. The number of nitrogens with two attached hydrogens (primary N) is 2. The molecule has 0 aliphatic carbocycles. The van der Waals surface area contributed by atoms with Gasteiger partial charge in [-0.3, -0.25) is 0 Å². The summed E-state index contributed by atoms with van der Waals surface area (Å²) in [6.45, 7) is 0.216. The van der Waals surface area contributed by atoms with Crippen molar-refractivity contribution in [1.82, 2.24) is 19.5 Å². The number of aliphatic hydroxyl groups is 2. The maximum absolute atomic E-state index is 10.7. The van der Waals surface area contributed by atoms with Crippen LogP contribution in [0.2, 0.25) is 0 Å². The van der Waals surface area contributed by atoms with Crippen molar-refractivity contribution in [3.63, 3.8) is 0 Å². The summed E-state index contributed by atoms with van der Waals surface area (Å²) in [4.78, 5) is 12.6. The van der Waals surface area contributed by atoms with Gasteiger partial charge in [0.25, 0.3) is 0 Å². The highest BCUT2D eigenvalue weighted by atomic mass is 79.9. The molecule has 0 bridgehead atoms. The number of hydrogen-bond donors (Lipinski definition) is 4. The van der Waals surface area contributed by atoms with Crippen LogP contribution in [-0.4, -0.2) is 53.8 Å². The van der Waals surface area contributed by atoms with Gasteiger partial charge in [-0.05, 0) is 40.2 Å². The second kappa shape index (κ2) is 7.83. The molecular formula is C20H19BrN6O3S. The fourth-order valence-corrected chi connectivity index (χ4v) is 5.48. The zero-order valence-electron chi connectivity index (χ0n) is 16.1. The molecule has 5 rings (SSSR count). The van der Waals surface area contributed by atoms with E-state index in [1.165, 1.54) is 18.1 Å². The van der Waals surface area contributed by atoms with E-state index in [0.29, 0.717) is 33.9 Å². The third kappa shape index (κ3) is 3.57. The molecule has 1 aliphatic rings. The van der Waals surface area contributed by atoms with E-state index < -0.39 is 17.6 Å². The zero-order chi connectivity index (χ0) is 21.7. The molecule has 6 N–H and O–H groups in total. The Bertz CT molecular complexity index is 1280. The van der Waals surface area contributed by atoms with Gasteiger partial charge in [-0.15, -0.1) is 11.8 Å². The number of benzene rings is 1. The van der Waals surface area contributed by atoms with E-state index >= 15 is 0 Å². The Morgan fingerprint density at radius 2 is 1.94 bits per heavy atom. The molecule has 1 saturated heterocycles. The van der Waals surface area contributed by atoms with E-state index in [-0.39, 0.29) is 11.9 Å². The minimum absolute atomic E-state index is 0.216. The number of ether oxygens (including phenoxy) is 1. The van der Waals surface area contributed by atoms with Crippen LogP contribution < -0.4 is 16.2 Å². The van der Waals surface area contributed by atoms with Gasteiger partial charge in [0.2, 0.25) is 0 Å². The quantitative estimate of drug-likeness (QED) is 0.330. The van der Waals surface area contributed by atoms with Crippen molar-refractivity contribution in [2.45, 2.75) is 22.8 Å². The van der Waals surface area contributed by atoms with Crippen molar-refractivity contribution in [1.29, 1.82) is 0 Å². The van der Waals surface area contributed by atoms with Crippen LogP contribution in [0.4, 0.5) is 11.6 Å². The summed E-state index contributed by atoms with van der Waals surface area (Å²) in [5.74, 6) is 1.39. The van der Waals surface area contributed by atoms with E-state index in [1.807, 2.05) is 22.8 Å². The molecule has 1 aliphatic heterocycles. The molecule has 4 aromatic rings. The first kappa shape index (κ1) is 20.3. The normalized spacial score (nSPS) is 23.6. The summed E-state index contributed by atoms with van der Waals surface area (Å²) >= 11 is 4.80. The van der Waals surface area contributed by atoms with Gasteiger partial charge < -0.3 is 31.0 Å². The number of halogens is 1. The van der Waals surface area contributed by atoms with Crippen LogP contribution in [0, 0.1) is 0 Å². The molecule has 4 atom stereocenters. The second-order valence-electron chi connectivity index (χ2n) is 7.29. The Balaban J connectivity index is 1.34. The lowest BCUT2D eigenvalue weighted by Crippen LogP contribution is -2.34. The first-order valence-electron chi connectivity index (χ1n) is 9.49. The van der Waals surface area contributed by atoms with E-state index in [4.69, 9.17) is 16.2 Å². The molecule has 0 saturated carbocycles. The van der Waals surface area contributed by atoms with Gasteiger partial charge in [-0.1, -0.05) is 0 Å². The van der Waals surface area contributed by atoms with E-state index in [2.05, 4.69) is 30.9 Å². The van der Waals surface area contributed by atoms with Crippen LogP contribution in [0.15, 0.2) is 47.3 Å². The Labute approximate surface area is 189 Å². The molecule has 0 unspecified atom stereocenters. The molecule has 1 fully saturated rings. The van der Waals surface area contributed by atoms with Crippen molar-refractivity contribution in [2.75, 3.05) is 18.1 Å². The van der Waals surface area contributed by atoms with Gasteiger partial charge >= 0.3 is 0 Å². The Morgan fingerprint density at radius 1 is 1.10 bits per heavy atom. The molecular weight excluding hydrogens is 484 g/mol. The first-order valence-corrected chi connectivity index (χ1v) is 11.2. The molecule has 1 aromatic carbocycles. The monoisotopic (exact) mass is 502 g/mol. The Hall–Kier alpha value is -2.60. The SMILES string of the molecule is Nc1nc2cc(OC[C@H]3S[C@@H](n4ccc5c(N)ncnc54)[C@H](O)[C@@H]3O)ccc2cc1Br. The van der Waals surface area contributed by atoms with Crippen LogP contribution in [0.25, 0.3) is 21.9 Å². The summed E-state index contributed by atoms with van der Waals surface area (Å²) in [7, 11) is 0. The number of fused-ring (bicyclic) bond motifs is 2. The molecule has 9 nitrogen and oxygen atoms in total. The van der Waals surface area contributed by atoms with Gasteiger partial charge in [-0.2, -0.15) is 0 Å². The summed E-state index contributed by atoms with van der Waals surface area (Å²) in [6, 6.07) is 9.24. The fraction of sp³-hybridized carbons (Fsp3) is 0.250. The highest BCUT2D eigenvalue weighted by Crippen LogP contribution is 2.43. The number of aliphatic hydroxyl groups excluding tert-OH is 2. The van der Waals surface area contributed by atoms with Gasteiger partial charge in [0.15, 0.2) is 0 Å². The van der Waals surface area contributed by atoms with Crippen LogP contribution in [0.3, 0.4) is 0 Å². The lowest BCUT2D eigenvalue weighted by Gasteiger charge is -2.17. The Kier molecular flexibility index (Phi) is 5.13. The van der Waals surface area contributed by atoms with Crippen LogP contribution in [0.5, 0.6) is 5.75 Å². The summed E-state index contributed by atoms with van der Waals surface area (Å²) in [6.07, 6.45) is 1.23. The van der Waals surface area contributed by atoms with E-state index in [0.717, 1.165) is 9.86 Å². The van der Waals surface area contributed by atoms with Gasteiger partial charge in [0, 0.05) is 17.6 Å². The number of nitrogen functional groups attached to an aromatic ring is 2. The topological polar surface area (TPSA) is 145 Å². The van der Waals surface area contributed by atoms with Gasteiger partial charge in [0.05, 0.1) is 26.7 Å². The number of rotatable bonds is 4. The van der Waals surface area contributed by atoms with Crippen molar-refractivity contribution in [3.05, 3.63) is 47.3 Å². The largest absolute Gasteiger partial charge is 0.492 e. The lowest BCUT2D eigenvalue weighted by molar-refractivity contribution is 0.0128. The molecule has 31 heavy (non-hydrogen) atoms. The first-order chi connectivity index (χ1) is 14.9. The number of hydrogen-bond acceptors (Lipinski definition) is 9. The van der Waals surface area contributed by atoms with E-state index in [1.54, 1.807) is 18.3 Å². The minimum atomic E-state index is -0.985. The third-order valence-electron chi connectivity index (χ3n) is 5.34. The lowest BCUT2D eigenvalue weighted by atomic mass is 10.1. The second-order valence-corrected chi connectivity index (χ2v) is 9.50. The third-order valence-corrected chi connectivity index (χ3v) is 7.52. The Morgan fingerprint density at radius 3 is 2.77 bits per heavy atom. The van der Waals surface area contributed by atoms with Gasteiger partial charge in [-0.25, -0.2) is 15.0 Å². The number of aromatic nitrogens is 4. The highest BCUT2D eigenvalue weighted by Gasteiger charge is 2.44.